The molecule has 0 aromatic rings. The first kappa shape index (κ1) is 16.8. The summed E-state index contributed by atoms with van der Waals surface area (Å²) in [4.78, 5) is 12.4. The average molecular weight is 294 g/mol. The van der Waals surface area contributed by atoms with Crippen molar-refractivity contribution < 1.29 is 4.79 Å². The van der Waals surface area contributed by atoms with Crippen LogP contribution in [0.15, 0.2) is 0 Å². The number of hydrogen-bond acceptors (Lipinski definition) is 2. The fraction of sp³-hybridized carbons (Fsp3) is 0.944. The van der Waals surface area contributed by atoms with Gasteiger partial charge < -0.3 is 10.6 Å². The molecule has 2 unspecified atom stereocenters. The Hall–Kier alpha value is -0.570. The maximum atomic E-state index is 12.4. The van der Waals surface area contributed by atoms with Crippen molar-refractivity contribution in [3.63, 3.8) is 0 Å². The second-order valence-electron chi connectivity index (χ2n) is 8.34. The van der Waals surface area contributed by atoms with Crippen LogP contribution in [0.4, 0.5) is 0 Å². The quantitative estimate of drug-likeness (QED) is 0.838. The molecule has 1 aliphatic carbocycles. The van der Waals surface area contributed by atoms with Gasteiger partial charge in [-0.3, -0.25) is 4.79 Å². The lowest BCUT2D eigenvalue weighted by atomic mass is 9.69. The second kappa shape index (κ2) is 7.13. The fourth-order valence-electron chi connectivity index (χ4n) is 3.96. The number of amides is 1. The molecular weight excluding hydrogens is 260 g/mol. The Bertz CT molecular complexity index is 340. The zero-order valence-electron chi connectivity index (χ0n) is 14.4. The summed E-state index contributed by atoms with van der Waals surface area (Å²) < 4.78 is 0. The van der Waals surface area contributed by atoms with Crippen molar-refractivity contribution in [1.29, 1.82) is 0 Å². The zero-order valence-corrected chi connectivity index (χ0v) is 14.4. The van der Waals surface area contributed by atoms with Crippen molar-refractivity contribution in [2.75, 3.05) is 13.1 Å². The Morgan fingerprint density at radius 1 is 1.14 bits per heavy atom. The predicted molar refractivity (Wildman–Crippen MR) is 88.1 cm³/mol. The molecule has 0 aromatic carbocycles. The highest BCUT2D eigenvalue weighted by Gasteiger charge is 2.32. The molecule has 0 spiro atoms. The predicted octanol–water partition coefficient (Wildman–Crippen LogP) is 3.34. The van der Waals surface area contributed by atoms with E-state index in [4.69, 9.17) is 0 Å². The monoisotopic (exact) mass is 294 g/mol. The first-order chi connectivity index (χ1) is 9.88. The minimum atomic E-state index is 0.252. The molecule has 2 atom stereocenters. The molecule has 1 aliphatic heterocycles. The van der Waals surface area contributed by atoms with Gasteiger partial charge in [0.1, 0.15) is 0 Å². The van der Waals surface area contributed by atoms with Crippen LogP contribution in [0, 0.1) is 23.2 Å². The van der Waals surface area contributed by atoms with Crippen molar-refractivity contribution in [2.45, 2.75) is 72.3 Å². The van der Waals surface area contributed by atoms with Gasteiger partial charge in [-0.1, -0.05) is 27.7 Å². The van der Waals surface area contributed by atoms with Gasteiger partial charge in [0.05, 0.1) is 0 Å². The van der Waals surface area contributed by atoms with E-state index < -0.39 is 0 Å². The smallest absolute Gasteiger partial charge is 0.223 e. The van der Waals surface area contributed by atoms with Crippen LogP contribution in [-0.4, -0.2) is 25.0 Å². The topological polar surface area (TPSA) is 41.1 Å². The van der Waals surface area contributed by atoms with Gasteiger partial charge in [0.2, 0.25) is 5.91 Å². The fourth-order valence-corrected chi connectivity index (χ4v) is 3.96. The SMILES string of the molecule is CC1CCCNC1CNC(=O)C1CCC(C(C)(C)C)CC1. The van der Waals surface area contributed by atoms with Gasteiger partial charge in [0.25, 0.3) is 0 Å². The van der Waals surface area contributed by atoms with Crippen LogP contribution in [0.25, 0.3) is 0 Å². The van der Waals surface area contributed by atoms with E-state index in [1.165, 1.54) is 25.7 Å². The van der Waals surface area contributed by atoms with Gasteiger partial charge in [-0.05, 0) is 62.3 Å². The van der Waals surface area contributed by atoms with E-state index in [-0.39, 0.29) is 5.92 Å². The Morgan fingerprint density at radius 3 is 2.38 bits per heavy atom. The number of rotatable bonds is 3. The van der Waals surface area contributed by atoms with Crippen molar-refractivity contribution in [2.24, 2.45) is 23.2 Å². The van der Waals surface area contributed by atoms with Gasteiger partial charge >= 0.3 is 0 Å². The summed E-state index contributed by atoms with van der Waals surface area (Å²) in [6.07, 6.45) is 7.11. The third kappa shape index (κ3) is 4.70. The summed E-state index contributed by atoms with van der Waals surface area (Å²) >= 11 is 0. The van der Waals surface area contributed by atoms with E-state index in [1.54, 1.807) is 0 Å². The van der Waals surface area contributed by atoms with Gasteiger partial charge in [-0.2, -0.15) is 0 Å². The largest absolute Gasteiger partial charge is 0.354 e. The first-order valence-corrected chi connectivity index (χ1v) is 8.89. The average Bonchev–Trinajstić information content (AvgIpc) is 2.45. The third-order valence-electron chi connectivity index (χ3n) is 5.75. The molecule has 1 saturated carbocycles. The van der Waals surface area contributed by atoms with Crippen LogP contribution < -0.4 is 10.6 Å². The minimum absolute atomic E-state index is 0.252. The van der Waals surface area contributed by atoms with E-state index in [0.29, 0.717) is 23.3 Å². The van der Waals surface area contributed by atoms with Gasteiger partial charge in [0.15, 0.2) is 0 Å². The number of carbonyl (C=O) groups is 1. The highest BCUT2D eigenvalue weighted by atomic mass is 16.1. The molecule has 2 fully saturated rings. The molecule has 3 nitrogen and oxygen atoms in total. The first-order valence-electron chi connectivity index (χ1n) is 8.89. The zero-order chi connectivity index (χ0) is 15.5. The van der Waals surface area contributed by atoms with Crippen molar-refractivity contribution in [1.82, 2.24) is 10.6 Å². The Morgan fingerprint density at radius 2 is 1.81 bits per heavy atom. The summed E-state index contributed by atoms with van der Waals surface area (Å²) in [7, 11) is 0. The minimum Gasteiger partial charge on any atom is -0.354 e. The van der Waals surface area contributed by atoms with Gasteiger partial charge in [-0.25, -0.2) is 0 Å². The molecule has 2 N–H and O–H groups in total. The maximum absolute atomic E-state index is 12.4. The molecule has 21 heavy (non-hydrogen) atoms. The Balaban J connectivity index is 1.72. The molecule has 1 amide bonds. The normalized spacial score (nSPS) is 34.5. The van der Waals surface area contributed by atoms with Crippen molar-refractivity contribution in [3.8, 4) is 0 Å². The van der Waals surface area contributed by atoms with E-state index in [1.807, 2.05) is 0 Å². The van der Waals surface area contributed by atoms with Crippen LogP contribution in [0.1, 0.15) is 66.2 Å². The van der Waals surface area contributed by atoms with E-state index in [9.17, 15) is 4.79 Å². The Labute approximate surface area is 130 Å². The Kier molecular flexibility index (Phi) is 5.70. The second-order valence-corrected chi connectivity index (χ2v) is 8.34. The van der Waals surface area contributed by atoms with Crippen molar-refractivity contribution in [3.05, 3.63) is 0 Å². The molecule has 0 aromatic heterocycles. The molecule has 122 valence electrons. The molecule has 2 rings (SSSR count). The number of nitrogens with one attached hydrogen (secondary N) is 2. The summed E-state index contributed by atoms with van der Waals surface area (Å²) in [5, 5.41) is 6.74. The van der Waals surface area contributed by atoms with Crippen LogP contribution in [0.3, 0.4) is 0 Å². The third-order valence-corrected chi connectivity index (χ3v) is 5.75. The molecule has 2 aliphatic rings. The highest BCUT2D eigenvalue weighted by Crippen LogP contribution is 2.39. The van der Waals surface area contributed by atoms with E-state index in [2.05, 4.69) is 38.3 Å². The summed E-state index contributed by atoms with van der Waals surface area (Å²) in [5.74, 6) is 2.00. The van der Waals surface area contributed by atoms with Crippen molar-refractivity contribution >= 4 is 5.91 Å². The van der Waals surface area contributed by atoms with Crippen LogP contribution in [0.5, 0.6) is 0 Å². The maximum Gasteiger partial charge on any atom is 0.223 e. The van der Waals surface area contributed by atoms with Crippen LogP contribution in [0.2, 0.25) is 0 Å². The summed E-state index contributed by atoms with van der Waals surface area (Å²) in [5.41, 5.74) is 0.392. The molecule has 0 radical (unpaired) electrons. The lowest BCUT2D eigenvalue weighted by molar-refractivity contribution is -0.126. The molecule has 0 bridgehead atoms. The van der Waals surface area contributed by atoms with Gasteiger partial charge in [-0.15, -0.1) is 0 Å². The van der Waals surface area contributed by atoms with Gasteiger partial charge in [0, 0.05) is 18.5 Å². The molecule has 1 heterocycles. The van der Waals surface area contributed by atoms with Crippen LogP contribution in [-0.2, 0) is 4.79 Å². The van der Waals surface area contributed by atoms with E-state index >= 15 is 0 Å². The molecular formula is C18H34N2O. The number of piperidine rings is 1. The standard InChI is InChI=1S/C18H34N2O/c1-13-6-5-11-19-16(13)12-20-17(21)14-7-9-15(10-8-14)18(2,3)4/h13-16,19H,5-12H2,1-4H3,(H,20,21). The van der Waals surface area contributed by atoms with Crippen LogP contribution >= 0.6 is 0 Å². The number of hydrogen-bond donors (Lipinski definition) is 2. The lowest BCUT2D eigenvalue weighted by Crippen LogP contribution is -2.49. The number of carbonyl (C=O) groups excluding carboxylic acids is 1. The summed E-state index contributed by atoms with van der Waals surface area (Å²) in [6, 6.07) is 0.466. The molecule has 1 saturated heterocycles. The molecule has 3 heteroatoms. The highest BCUT2D eigenvalue weighted by molar-refractivity contribution is 5.78. The van der Waals surface area contributed by atoms with E-state index in [0.717, 1.165) is 31.8 Å². The lowest BCUT2D eigenvalue weighted by Gasteiger charge is -2.37. The summed E-state index contributed by atoms with van der Waals surface area (Å²) in [6.45, 7) is 11.2.